The van der Waals surface area contributed by atoms with Gasteiger partial charge < -0.3 is 9.47 Å². The maximum Gasteiger partial charge on any atom is 0.434 e. The van der Waals surface area contributed by atoms with E-state index in [9.17, 15) is 13.2 Å². The fraction of sp³-hybridized carbons (Fsp3) is 0.250. The Morgan fingerprint density at radius 3 is 2.43 bits per heavy atom. The molecule has 0 fully saturated rings. The maximum absolute atomic E-state index is 12.8. The van der Waals surface area contributed by atoms with Crippen LogP contribution in [-0.2, 0) is 13.2 Å². The molecule has 0 saturated carbocycles. The van der Waals surface area contributed by atoms with Gasteiger partial charge in [0.25, 0.3) is 5.88 Å². The van der Waals surface area contributed by atoms with Gasteiger partial charge in [0.2, 0.25) is 0 Å². The van der Waals surface area contributed by atoms with E-state index in [0.717, 1.165) is 7.05 Å². The summed E-state index contributed by atoms with van der Waals surface area (Å²) < 4.78 is 49.2. The molecule has 1 heterocycles. The number of hydrogen-bond acceptors (Lipinski definition) is 3. The van der Waals surface area contributed by atoms with E-state index in [4.69, 9.17) is 32.7 Å². The third kappa shape index (κ3) is 3.19. The topological polar surface area (TPSA) is 36.3 Å². The molecule has 1 aromatic heterocycles. The molecule has 0 atom stereocenters. The van der Waals surface area contributed by atoms with Gasteiger partial charge in [0.15, 0.2) is 5.69 Å². The van der Waals surface area contributed by atoms with E-state index in [1.54, 1.807) is 0 Å². The first-order chi connectivity index (χ1) is 9.74. The number of alkyl halides is 3. The Morgan fingerprint density at radius 1 is 1.24 bits per heavy atom. The molecule has 21 heavy (non-hydrogen) atoms. The number of rotatable bonds is 3. The molecular formula is C12H9Cl2F3N2O2. The second-order valence-corrected chi connectivity index (χ2v) is 4.77. The van der Waals surface area contributed by atoms with Crippen LogP contribution in [0.15, 0.2) is 18.2 Å². The van der Waals surface area contributed by atoms with Crippen molar-refractivity contribution in [2.75, 3.05) is 7.11 Å². The third-order valence-electron chi connectivity index (χ3n) is 2.57. The van der Waals surface area contributed by atoms with Crippen molar-refractivity contribution < 1.29 is 22.6 Å². The number of nitrogens with zero attached hydrogens (tertiary/aromatic N) is 2. The SMILES string of the molecule is COc1cc(Oc2nn(C)c(C(F)(F)F)c2Cl)ccc1Cl. The molecule has 0 bridgehead atoms. The Labute approximate surface area is 128 Å². The van der Waals surface area contributed by atoms with Gasteiger partial charge >= 0.3 is 6.18 Å². The van der Waals surface area contributed by atoms with Gasteiger partial charge in [-0.15, -0.1) is 5.10 Å². The van der Waals surface area contributed by atoms with Crippen LogP contribution < -0.4 is 9.47 Å². The van der Waals surface area contributed by atoms with Crippen molar-refractivity contribution in [1.82, 2.24) is 9.78 Å². The summed E-state index contributed by atoms with van der Waals surface area (Å²) >= 11 is 11.5. The highest BCUT2D eigenvalue weighted by atomic mass is 35.5. The molecule has 0 N–H and O–H groups in total. The molecule has 2 rings (SSSR count). The molecule has 0 saturated heterocycles. The monoisotopic (exact) mass is 340 g/mol. The molecule has 1 aromatic carbocycles. The molecule has 0 aliphatic carbocycles. The molecule has 0 amide bonds. The van der Waals surface area contributed by atoms with E-state index in [1.807, 2.05) is 0 Å². The second kappa shape index (κ2) is 5.65. The number of halogens is 5. The number of methoxy groups -OCH3 is 1. The van der Waals surface area contributed by atoms with E-state index >= 15 is 0 Å². The number of hydrogen-bond donors (Lipinski definition) is 0. The Morgan fingerprint density at radius 2 is 1.90 bits per heavy atom. The van der Waals surface area contributed by atoms with Crippen molar-refractivity contribution in [3.05, 3.63) is 33.9 Å². The summed E-state index contributed by atoms with van der Waals surface area (Å²) in [6.45, 7) is 0. The van der Waals surface area contributed by atoms with Gasteiger partial charge in [-0.1, -0.05) is 23.2 Å². The normalized spacial score (nSPS) is 11.6. The van der Waals surface area contributed by atoms with Crippen LogP contribution in [0.5, 0.6) is 17.4 Å². The molecule has 0 aliphatic rings. The Balaban J connectivity index is 2.37. The smallest absolute Gasteiger partial charge is 0.434 e. The van der Waals surface area contributed by atoms with Crippen molar-refractivity contribution in [2.24, 2.45) is 7.05 Å². The predicted octanol–water partition coefficient (Wildman–Crippen LogP) is 4.55. The van der Waals surface area contributed by atoms with Gasteiger partial charge in [-0.3, -0.25) is 4.68 Å². The van der Waals surface area contributed by atoms with E-state index in [1.165, 1.54) is 25.3 Å². The summed E-state index contributed by atoms with van der Waals surface area (Å²) in [6.07, 6.45) is -4.63. The molecular weight excluding hydrogens is 332 g/mol. The van der Waals surface area contributed by atoms with Crippen LogP contribution in [0.4, 0.5) is 13.2 Å². The zero-order valence-electron chi connectivity index (χ0n) is 10.8. The number of aromatic nitrogens is 2. The summed E-state index contributed by atoms with van der Waals surface area (Å²) in [5.74, 6) is 0.165. The molecule has 0 unspecified atom stereocenters. The van der Waals surface area contributed by atoms with Crippen LogP contribution >= 0.6 is 23.2 Å². The molecule has 9 heteroatoms. The zero-order valence-corrected chi connectivity index (χ0v) is 12.3. The summed E-state index contributed by atoms with van der Waals surface area (Å²) in [4.78, 5) is 0. The zero-order chi connectivity index (χ0) is 15.8. The second-order valence-electron chi connectivity index (χ2n) is 3.99. The summed E-state index contributed by atoms with van der Waals surface area (Å²) in [7, 11) is 2.53. The van der Waals surface area contributed by atoms with Gasteiger partial charge in [-0.25, -0.2) is 0 Å². The fourth-order valence-electron chi connectivity index (χ4n) is 1.66. The van der Waals surface area contributed by atoms with E-state index in [0.29, 0.717) is 15.5 Å². The Bertz CT molecular complexity index is 671. The first-order valence-electron chi connectivity index (χ1n) is 5.55. The average molecular weight is 341 g/mol. The van der Waals surface area contributed by atoms with Crippen molar-refractivity contribution in [3.63, 3.8) is 0 Å². The molecule has 0 aliphatic heterocycles. The summed E-state index contributed by atoms with van der Waals surface area (Å²) in [5, 5.41) is 3.35. The molecule has 0 radical (unpaired) electrons. The van der Waals surface area contributed by atoms with Crippen LogP contribution in [0.2, 0.25) is 10.0 Å². The number of ether oxygens (including phenoxy) is 2. The highest BCUT2D eigenvalue weighted by molar-refractivity contribution is 6.32. The minimum atomic E-state index is -4.63. The fourth-order valence-corrected chi connectivity index (χ4v) is 2.16. The highest BCUT2D eigenvalue weighted by Crippen LogP contribution is 2.41. The van der Waals surface area contributed by atoms with Crippen molar-refractivity contribution in [2.45, 2.75) is 6.18 Å². The molecule has 114 valence electrons. The third-order valence-corrected chi connectivity index (χ3v) is 3.22. The van der Waals surface area contributed by atoms with Crippen LogP contribution in [0.1, 0.15) is 5.69 Å². The van der Waals surface area contributed by atoms with Crippen LogP contribution in [-0.4, -0.2) is 16.9 Å². The number of aryl methyl sites for hydroxylation is 1. The van der Waals surface area contributed by atoms with E-state index in [2.05, 4.69) is 5.10 Å². The first kappa shape index (κ1) is 15.8. The minimum absolute atomic E-state index is 0.199. The van der Waals surface area contributed by atoms with Gasteiger partial charge in [-0.05, 0) is 12.1 Å². The standard InChI is InChI=1S/C12H9Cl2F3N2O2/c1-19-10(12(15,16)17)9(14)11(18-19)21-6-3-4-7(13)8(5-6)20-2/h3-5H,1-2H3. The number of benzene rings is 1. The first-order valence-corrected chi connectivity index (χ1v) is 6.30. The Kier molecular flexibility index (Phi) is 4.25. The predicted molar refractivity (Wildman–Crippen MR) is 71.3 cm³/mol. The van der Waals surface area contributed by atoms with Crippen LogP contribution in [0.3, 0.4) is 0 Å². The largest absolute Gasteiger partial charge is 0.495 e. The lowest BCUT2D eigenvalue weighted by atomic mass is 10.3. The van der Waals surface area contributed by atoms with Crippen LogP contribution in [0.25, 0.3) is 0 Å². The van der Waals surface area contributed by atoms with Gasteiger partial charge in [0.05, 0.1) is 12.1 Å². The lowest BCUT2D eigenvalue weighted by molar-refractivity contribution is -0.143. The summed E-state index contributed by atoms with van der Waals surface area (Å²) in [5.41, 5.74) is -1.08. The van der Waals surface area contributed by atoms with Gasteiger partial charge in [0.1, 0.15) is 16.5 Å². The maximum atomic E-state index is 12.8. The Hall–Kier alpha value is -1.60. The van der Waals surface area contributed by atoms with E-state index < -0.39 is 16.9 Å². The molecule has 0 spiro atoms. The van der Waals surface area contributed by atoms with Crippen molar-refractivity contribution in [3.8, 4) is 17.4 Å². The lowest BCUT2D eigenvalue weighted by Crippen LogP contribution is -2.12. The summed E-state index contributed by atoms with van der Waals surface area (Å²) in [6, 6.07) is 4.36. The van der Waals surface area contributed by atoms with Crippen molar-refractivity contribution in [1.29, 1.82) is 0 Å². The minimum Gasteiger partial charge on any atom is -0.495 e. The molecule has 2 aromatic rings. The van der Waals surface area contributed by atoms with E-state index in [-0.39, 0.29) is 11.6 Å². The molecule has 4 nitrogen and oxygen atoms in total. The highest BCUT2D eigenvalue weighted by Gasteiger charge is 2.39. The lowest BCUT2D eigenvalue weighted by Gasteiger charge is -2.07. The van der Waals surface area contributed by atoms with Gasteiger partial charge in [0, 0.05) is 13.1 Å². The van der Waals surface area contributed by atoms with Crippen LogP contribution in [0, 0.1) is 0 Å². The van der Waals surface area contributed by atoms with Crippen molar-refractivity contribution >= 4 is 23.2 Å². The van der Waals surface area contributed by atoms with Gasteiger partial charge in [-0.2, -0.15) is 13.2 Å². The quantitative estimate of drug-likeness (QED) is 0.822. The average Bonchev–Trinajstić information content (AvgIpc) is 2.66.